The first-order valence-corrected chi connectivity index (χ1v) is 12.7. The van der Waals surface area contributed by atoms with Gasteiger partial charge in [0.2, 0.25) is 5.52 Å². The molecule has 0 atom stereocenters. The van der Waals surface area contributed by atoms with E-state index in [4.69, 9.17) is 4.74 Å². The molecule has 3 heteroatoms. The molecule has 166 valence electrons. The van der Waals surface area contributed by atoms with Crippen LogP contribution in [-0.2, 0) is 11.3 Å². The lowest BCUT2D eigenvalue weighted by atomic mass is 9.97. The van der Waals surface area contributed by atoms with Crippen LogP contribution in [-0.4, -0.2) is 0 Å². The number of rotatable bonds is 5. The normalized spacial score (nSPS) is 15.7. The number of ether oxygens (including phenoxy) is 1. The number of nitrogens with zero attached hydrogens (tertiary/aromatic N) is 1. The first kappa shape index (κ1) is 20.9. The van der Waals surface area contributed by atoms with Gasteiger partial charge in [-0.1, -0.05) is 90.2 Å². The number of para-hydroxylation sites is 1. The maximum Gasteiger partial charge on any atom is 0.262 e. The fourth-order valence-electron chi connectivity index (χ4n) is 4.89. The summed E-state index contributed by atoms with van der Waals surface area (Å²) in [6.45, 7) is 3.18. The van der Waals surface area contributed by atoms with Crippen LogP contribution in [0.25, 0.3) is 27.8 Å². The summed E-state index contributed by atoms with van der Waals surface area (Å²) >= 11 is 1.86. The van der Waals surface area contributed by atoms with Gasteiger partial charge in [-0.25, -0.2) is 0 Å². The Morgan fingerprint density at radius 2 is 1.53 bits per heavy atom. The Labute approximate surface area is 204 Å². The zero-order valence-electron chi connectivity index (χ0n) is 19.2. The highest BCUT2D eigenvalue weighted by atomic mass is 32.1. The number of hydrogen-bond donors (Lipinski definition) is 0. The molecule has 0 saturated carbocycles. The molecule has 1 aromatic heterocycles. The minimum atomic E-state index is 0.913. The van der Waals surface area contributed by atoms with Gasteiger partial charge in [-0.3, -0.25) is 0 Å². The third-order valence-electron chi connectivity index (χ3n) is 6.55. The quantitative estimate of drug-likeness (QED) is 0.277. The fourth-order valence-corrected chi connectivity index (χ4v) is 6.01. The number of allylic oxidation sites excluding steroid dienone is 5. The maximum atomic E-state index is 6.54. The summed E-state index contributed by atoms with van der Waals surface area (Å²) < 4.78 is 10.3. The molecule has 0 fully saturated rings. The first-order valence-electron chi connectivity index (χ1n) is 11.9. The largest absolute Gasteiger partial charge is 0.456 e. The van der Waals surface area contributed by atoms with Crippen LogP contribution in [0.1, 0.15) is 35.9 Å². The lowest BCUT2D eigenvalue weighted by Gasteiger charge is -2.22. The predicted octanol–water partition coefficient (Wildman–Crippen LogP) is 7.79. The van der Waals surface area contributed by atoms with E-state index in [2.05, 4.69) is 109 Å². The van der Waals surface area contributed by atoms with Gasteiger partial charge in [0.25, 0.3) is 5.01 Å². The van der Waals surface area contributed by atoms with Crippen molar-refractivity contribution in [2.75, 3.05) is 0 Å². The van der Waals surface area contributed by atoms with Crippen molar-refractivity contribution in [2.24, 2.45) is 0 Å². The van der Waals surface area contributed by atoms with Gasteiger partial charge >= 0.3 is 0 Å². The van der Waals surface area contributed by atoms with E-state index in [9.17, 15) is 0 Å². The lowest BCUT2D eigenvalue weighted by molar-refractivity contribution is -0.665. The van der Waals surface area contributed by atoms with Gasteiger partial charge in [-0.15, -0.1) is 0 Å². The molecular weight excluding hydrogens is 434 g/mol. The molecule has 0 radical (unpaired) electrons. The van der Waals surface area contributed by atoms with Crippen molar-refractivity contribution < 1.29 is 9.30 Å². The van der Waals surface area contributed by atoms with Crippen molar-refractivity contribution >= 4 is 39.1 Å². The zero-order chi connectivity index (χ0) is 22.9. The van der Waals surface area contributed by atoms with Crippen molar-refractivity contribution in [3.05, 3.63) is 130 Å². The third-order valence-corrected chi connectivity index (χ3v) is 7.68. The molecule has 6 rings (SSSR count). The molecule has 2 aliphatic rings. The van der Waals surface area contributed by atoms with Gasteiger partial charge in [0, 0.05) is 28.8 Å². The monoisotopic (exact) mass is 460 g/mol. The van der Waals surface area contributed by atoms with Crippen LogP contribution in [0.15, 0.2) is 114 Å². The summed E-state index contributed by atoms with van der Waals surface area (Å²) in [5.74, 6) is 1.90. The van der Waals surface area contributed by atoms with Crippen LogP contribution >= 0.6 is 11.3 Å². The van der Waals surface area contributed by atoms with Crippen LogP contribution < -0.4 is 4.57 Å². The summed E-state index contributed by atoms with van der Waals surface area (Å²) in [7, 11) is 0. The summed E-state index contributed by atoms with van der Waals surface area (Å²) in [4.78, 5) is 0. The topological polar surface area (TPSA) is 13.1 Å². The van der Waals surface area contributed by atoms with Gasteiger partial charge in [0.1, 0.15) is 22.8 Å². The van der Waals surface area contributed by atoms with Crippen LogP contribution in [0.5, 0.6) is 0 Å². The lowest BCUT2D eigenvalue weighted by Crippen LogP contribution is -2.33. The highest BCUT2D eigenvalue weighted by Crippen LogP contribution is 2.45. The van der Waals surface area contributed by atoms with E-state index < -0.39 is 0 Å². The van der Waals surface area contributed by atoms with Gasteiger partial charge in [-0.05, 0) is 43.1 Å². The molecule has 0 spiro atoms. The third kappa shape index (κ3) is 3.72. The van der Waals surface area contributed by atoms with E-state index in [-0.39, 0.29) is 0 Å². The molecule has 0 N–H and O–H groups in total. The minimum Gasteiger partial charge on any atom is -0.456 e. The van der Waals surface area contributed by atoms with Crippen LogP contribution in [0.2, 0.25) is 0 Å². The Balaban J connectivity index is 1.46. The first-order chi connectivity index (χ1) is 16.8. The van der Waals surface area contributed by atoms with E-state index in [1.165, 1.54) is 31.9 Å². The smallest absolute Gasteiger partial charge is 0.262 e. The summed E-state index contributed by atoms with van der Waals surface area (Å²) in [5.41, 5.74) is 7.54. The highest BCUT2D eigenvalue weighted by molar-refractivity contribution is 7.18. The summed E-state index contributed by atoms with van der Waals surface area (Å²) in [5, 5.41) is 1.29. The average Bonchev–Trinajstić information content (AvgIpc) is 3.48. The summed E-state index contributed by atoms with van der Waals surface area (Å²) in [6, 6.07) is 29.6. The molecular formula is C31H26NOS+. The molecule has 2 heterocycles. The number of aryl methyl sites for hydroxylation is 1. The average molecular weight is 461 g/mol. The number of aromatic nitrogens is 1. The SMILES string of the molecule is CC[n+]1c(/C=C/C2=C3C=C(c4ccccc4)OC(c4ccccc4)=C3CC2)sc2ccccc21. The zero-order valence-corrected chi connectivity index (χ0v) is 20.0. The summed E-state index contributed by atoms with van der Waals surface area (Å²) in [6.07, 6.45) is 8.89. The van der Waals surface area contributed by atoms with Crippen molar-refractivity contribution in [3.8, 4) is 0 Å². The number of fused-ring (bicyclic) bond motifs is 2. The second-order valence-electron chi connectivity index (χ2n) is 8.57. The minimum absolute atomic E-state index is 0.913. The number of hydrogen-bond acceptors (Lipinski definition) is 2. The predicted molar refractivity (Wildman–Crippen MR) is 142 cm³/mol. The molecule has 34 heavy (non-hydrogen) atoms. The van der Waals surface area contributed by atoms with Crippen LogP contribution in [0, 0.1) is 0 Å². The molecule has 0 saturated heterocycles. The fraction of sp³-hybridized carbons (Fsp3) is 0.129. The van der Waals surface area contributed by atoms with Gasteiger partial charge in [0.15, 0.2) is 0 Å². The molecule has 1 aliphatic carbocycles. The molecule has 4 aromatic rings. The van der Waals surface area contributed by atoms with Crippen molar-refractivity contribution in [3.63, 3.8) is 0 Å². The second kappa shape index (κ2) is 8.92. The molecule has 0 unspecified atom stereocenters. The van der Waals surface area contributed by atoms with E-state index in [1.807, 2.05) is 17.4 Å². The molecule has 1 aliphatic heterocycles. The van der Waals surface area contributed by atoms with Crippen molar-refractivity contribution in [2.45, 2.75) is 26.3 Å². The van der Waals surface area contributed by atoms with Crippen molar-refractivity contribution in [1.82, 2.24) is 0 Å². The van der Waals surface area contributed by atoms with Gasteiger partial charge in [0.05, 0.1) is 0 Å². The Bertz CT molecular complexity index is 1490. The second-order valence-corrected chi connectivity index (χ2v) is 9.64. The van der Waals surface area contributed by atoms with Crippen molar-refractivity contribution in [1.29, 1.82) is 0 Å². The Kier molecular flexibility index (Phi) is 5.48. The maximum absolute atomic E-state index is 6.54. The van der Waals surface area contributed by atoms with E-state index >= 15 is 0 Å². The Hall–Kier alpha value is -3.69. The Morgan fingerprint density at radius 3 is 2.29 bits per heavy atom. The van der Waals surface area contributed by atoms with E-state index in [1.54, 1.807) is 0 Å². The van der Waals surface area contributed by atoms with Crippen LogP contribution in [0.3, 0.4) is 0 Å². The molecule has 0 bridgehead atoms. The van der Waals surface area contributed by atoms with E-state index in [0.717, 1.165) is 42.0 Å². The Morgan fingerprint density at radius 1 is 0.824 bits per heavy atom. The van der Waals surface area contributed by atoms with Gasteiger partial charge < -0.3 is 4.74 Å². The number of benzene rings is 3. The standard InChI is InChI=1S/C31H26NOS/c1-2-32-27-15-9-10-16-29(27)34-30(32)20-18-22-17-19-25-26(22)21-28(23-11-5-3-6-12-23)33-31(25)24-13-7-4-8-14-24/h3-16,18,20-21H,2,17,19H2,1H3/q+1/b20-18+. The van der Waals surface area contributed by atoms with E-state index in [0.29, 0.717) is 0 Å². The molecule has 2 nitrogen and oxygen atoms in total. The molecule has 3 aromatic carbocycles. The van der Waals surface area contributed by atoms with Gasteiger partial charge in [-0.2, -0.15) is 4.57 Å². The number of thiazole rings is 1. The highest BCUT2D eigenvalue weighted by Gasteiger charge is 2.28. The van der Waals surface area contributed by atoms with Crippen LogP contribution in [0.4, 0.5) is 0 Å². The molecule has 0 amide bonds.